The van der Waals surface area contributed by atoms with E-state index in [0.29, 0.717) is 25.6 Å². The van der Waals surface area contributed by atoms with E-state index in [9.17, 15) is 8.42 Å². The predicted octanol–water partition coefficient (Wildman–Crippen LogP) is 2.24. The summed E-state index contributed by atoms with van der Waals surface area (Å²) in [5.41, 5.74) is 0. The number of hydrogen-bond donors (Lipinski definition) is 2. The van der Waals surface area contributed by atoms with E-state index in [1.165, 1.54) is 25.8 Å². The molecular weight excluding hydrogens is 489 g/mol. The first kappa shape index (κ1) is 25.9. The van der Waals surface area contributed by atoms with Crippen molar-refractivity contribution in [1.29, 1.82) is 0 Å². The molecule has 2 fully saturated rings. The number of hydrogen-bond acceptors (Lipinski definition) is 4. The fourth-order valence-corrected chi connectivity index (χ4v) is 5.60. The molecule has 1 unspecified atom stereocenters. The van der Waals surface area contributed by atoms with Crippen LogP contribution in [0.1, 0.15) is 59.3 Å². The van der Waals surface area contributed by atoms with E-state index in [2.05, 4.69) is 29.4 Å². The summed E-state index contributed by atoms with van der Waals surface area (Å²) in [6.45, 7) is 11.4. The van der Waals surface area contributed by atoms with Gasteiger partial charge in [-0.3, -0.25) is 9.89 Å². The molecule has 0 saturated carbocycles. The van der Waals surface area contributed by atoms with Gasteiger partial charge >= 0.3 is 0 Å². The number of halogens is 1. The number of likely N-dealkylation sites (tertiary alicyclic amines) is 1. The number of piperidine rings is 2. The van der Waals surface area contributed by atoms with Crippen LogP contribution in [0.3, 0.4) is 0 Å². The minimum absolute atomic E-state index is 0. The summed E-state index contributed by atoms with van der Waals surface area (Å²) in [4.78, 5) is 7.38. The largest absolute Gasteiger partial charge is 0.357 e. The molecule has 28 heavy (non-hydrogen) atoms. The smallest absolute Gasteiger partial charge is 0.214 e. The minimum atomic E-state index is -3.08. The van der Waals surface area contributed by atoms with Crippen molar-refractivity contribution in [1.82, 2.24) is 19.8 Å². The molecule has 2 rings (SSSR count). The summed E-state index contributed by atoms with van der Waals surface area (Å²) in [5, 5.41) is 6.88. The Balaban J connectivity index is 0.00000392. The summed E-state index contributed by atoms with van der Waals surface area (Å²) in [6.07, 6.45) is 6.16. The van der Waals surface area contributed by atoms with Crippen LogP contribution in [0.25, 0.3) is 0 Å². The van der Waals surface area contributed by atoms with Crippen molar-refractivity contribution in [3.8, 4) is 0 Å². The van der Waals surface area contributed by atoms with Crippen LogP contribution in [0.2, 0.25) is 0 Å². The van der Waals surface area contributed by atoms with E-state index >= 15 is 0 Å². The Morgan fingerprint density at radius 2 is 1.79 bits per heavy atom. The maximum atomic E-state index is 12.2. The molecule has 2 aliphatic heterocycles. The second-order valence-corrected chi connectivity index (χ2v) is 9.72. The molecule has 0 aromatic rings. The van der Waals surface area contributed by atoms with E-state index in [1.807, 2.05) is 6.92 Å². The van der Waals surface area contributed by atoms with Crippen molar-refractivity contribution in [2.24, 2.45) is 4.99 Å². The molecule has 2 N–H and O–H groups in total. The fraction of sp³-hybridized carbons (Fsp3) is 0.947. The van der Waals surface area contributed by atoms with Gasteiger partial charge in [-0.15, -0.1) is 24.0 Å². The van der Waals surface area contributed by atoms with Gasteiger partial charge < -0.3 is 10.6 Å². The summed E-state index contributed by atoms with van der Waals surface area (Å²) in [5.74, 6) is 1.12. The van der Waals surface area contributed by atoms with Crippen LogP contribution in [0.15, 0.2) is 4.99 Å². The highest BCUT2D eigenvalue weighted by molar-refractivity contribution is 14.0. The van der Waals surface area contributed by atoms with Gasteiger partial charge in [-0.25, -0.2) is 12.7 Å². The van der Waals surface area contributed by atoms with Gasteiger partial charge in [-0.05, 0) is 52.1 Å². The topological polar surface area (TPSA) is 77.0 Å². The third kappa shape index (κ3) is 7.95. The van der Waals surface area contributed by atoms with Gasteiger partial charge in [0.15, 0.2) is 5.96 Å². The van der Waals surface area contributed by atoms with Gasteiger partial charge in [-0.1, -0.05) is 20.3 Å². The van der Waals surface area contributed by atoms with Crippen molar-refractivity contribution in [3.63, 3.8) is 0 Å². The summed E-state index contributed by atoms with van der Waals surface area (Å²) in [6, 6.07) is 0.824. The second kappa shape index (κ2) is 13.2. The van der Waals surface area contributed by atoms with Crippen LogP contribution < -0.4 is 10.6 Å². The normalized spacial score (nSPS) is 23.2. The predicted molar refractivity (Wildman–Crippen MR) is 128 cm³/mol. The molecule has 0 aromatic carbocycles. The third-order valence-electron chi connectivity index (χ3n) is 5.61. The molecule has 1 atom stereocenters. The number of guanidine groups is 1. The number of nitrogens with one attached hydrogen (secondary N) is 2. The van der Waals surface area contributed by atoms with Crippen LogP contribution in [-0.2, 0) is 10.0 Å². The van der Waals surface area contributed by atoms with Gasteiger partial charge in [-0.2, -0.15) is 0 Å². The molecule has 2 heterocycles. The summed E-state index contributed by atoms with van der Waals surface area (Å²) in [7, 11) is -3.08. The van der Waals surface area contributed by atoms with Crippen LogP contribution >= 0.6 is 24.0 Å². The van der Waals surface area contributed by atoms with E-state index in [4.69, 9.17) is 4.99 Å². The maximum Gasteiger partial charge on any atom is 0.214 e. The quantitative estimate of drug-likeness (QED) is 0.287. The van der Waals surface area contributed by atoms with E-state index in [-0.39, 0.29) is 35.8 Å². The third-order valence-corrected chi connectivity index (χ3v) is 7.69. The summed E-state index contributed by atoms with van der Waals surface area (Å²) < 4.78 is 26.1. The van der Waals surface area contributed by atoms with Crippen molar-refractivity contribution in [2.75, 3.05) is 45.0 Å². The van der Waals surface area contributed by atoms with Gasteiger partial charge in [0.2, 0.25) is 10.0 Å². The number of nitrogens with zero attached hydrogens (tertiary/aromatic N) is 3. The van der Waals surface area contributed by atoms with Crippen molar-refractivity contribution >= 4 is 40.0 Å². The molecular formula is C19H40IN5O2S. The maximum absolute atomic E-state index is 12.2. The monoisotopic (exact) mass is 529 g/mol. The lowest BCUT2D eigenvalue weighted by atomic mass is 10.0. The van der Waals surface area contributed by atoms with Crippen LogP contribution in [-0.4, -0.2) is 80.7 Å². The first-order valence-electron chi connectivity index (χ1n) is 10.8. The van der Waals surface area contributed by atoms with Crippen LogP contribution in [0.5, 0.6) is 0 Å². The molecule has 7 nitrogen and oxygen atoms in total. The highest BCUT2D eigenvalue weighted by atomic mass is 127. The highest BCUT2D eigenvalue weighted by Gasteiger charge is 2.28. The van der Waals surface area contributed by atoms with E-state index in [0.717, 1.165) is 38.4 Å². The molecule has 166 valence electrons. The lowest BCUT2D eigenvalue weighted by molar-refractivity contribution is 0.161. The Labute approximate surface area is 189 Å². The molecule has 0 amide bonds. The van der Waals surface area contributed by atoms with Gasteiger partial charge in [0.25, 0.3) is 0 Å². The first-order chi connectivity index (χ1) is 13.0. The van der Waals surface area contributed by atoms with Crippen LogP contribution in [0, 0.1) is 0 Å². The van der Waals surface area contributed by atoms with E-state index < -0.39 is 10.0 Å². The second-order valence-electron chi connectivity index (χ2n) is 7.63. The molecule has 0 bridgehead atoms. The molecule has 9 heteroatoms. The molecule has 0 aromatic heterocycles. The zero-order chi connectivity index (χ0) is 19.7. The number of rotatable bonds is 8. The average molecular weight is 530 g/mol. The Morgan fingerprint density at radius 1 is 1.07 bits per heavy atom. The number of sulfonamides is 1. The lowest BCUT2D eigenvalue weighted by Crippen LogP contribution is -2.50. The van der Waals surface area contributed by atoms with Crippen molar-refractivity contribution in [2.45, 2.75) is 71.4 Å². The standard InChI is InChI=1S/C19H39N5O2S.HI/c1-4-15-27(25,26)24-13-10-17(11-14-24)22-19(20-5-2)21-16-18-9-7-8-12-23(18)6-3;/h17-18H,4-16H2,1-3H3,(H2,20,21,22);1H. The Hall–Kier alpha value is -0.130. The zero-order valence-corrected chi connectivity index (χ0v) is 21.0. The van der Waals surface area contributed by atoms with Crippen LogP contribution in [0.4, 0.5) is 0 Å². The molecule has 2 aliphatic rings. The average Bonchev–Trinajstić information content (AvgIpc) is 2.67. The SMILES string of the molecule is CCCS(=O)(=O)N1CCC(NC(=NCC2CCCCN2CC)NCC)CC1.I. The Morgan fingerprint density at radius 3 is 2.39 bits per heavy atom. The molecule has 0 spiro atoms. The van der Waals surface area contributed by atoms with E-state index in [1.54, 1.807) is 4.31 Å². The Bertz CT molecular complexity index is 565. The van der Waals surface area contributed by atoms with Gasteiger partial charge in [0.1, 0.15) is 0 Å². The fourth-order valence-electron chi connectivity index (χ4n) is 4.06. The molecule has 2 saturated heterocycles. The number of likely N-dealkylation sites (N-methyl/N-ethyl adjacent to an activating group) is 1. The van der Waals surface area contributed by atoms with Gasteiger partial charge in [0.05, 0.1) is 12.3 Å². The Kier molecular flexibility index (Phi) is 12.2. The molecule has 0 aliphatic carbocycles. The first-order valence-corrected chi connectivity index (χ1v) is 12.4. The minimum Gasteiger partial charge on any atom is -0.357 e. The highest BCUT2D eigenvalue weighted by Crippen LogP contribution is 2.17. The van der Waals surface area contributed by atoms with Crippen molar-refractivity contribution in [3.05, 3.63) is 0 Å². The zero-order valence-electron chi connectivity index (χ0n) is 17.8. The van der Waals surface area contributed by atoms with Gasteiger partial charge in [0, 0.05) is 31.7 Å². The summed E-state index contributed by atoms with van der Waals surface area (Å²) >= 11 is 0. The van der Waals surface area contributed by atoms with Crippen molar-refractivity contribution < 1.29 is 8.42 Å². The lowest BCUT2D eigenvalue weighted by Gasteiger charge is -2.34. The molecule has 0 radical (unpaired) electrons. The number of aliphatic imine (C=N–C) groups is 1.